The molecule has 4 atom stereocenters. The van der Waals surface area contributed by atoms with Crippen LogP contribution in [0.3, 0.4) is 0 Å². The van der Waals surface area contributed by atoms with E-state index < -0.39 is 23.9 Å². The molecule has 3 aromatic carbocycles. The Balaban J connectivity index is 1.73. The second-order valence-electron chi connectivity index (χ2n) is 10.5. The fourth-order valence-corrected chi connectivity index (χ4v) is 6.66. The zero-order valence-corrected chi connectivity index (χ0v) is 25.0. The number of ether oxygens (including phenoxy) is 2. The van der Waals surface area contributed by atoms with Crippen LogP contribution in [-0.2, 0) is 14.3 Å². The Bertz CT molecular complexity index is 1380. The molecule has 0 spiro atoms. The Morgan fingerprint density at radius 3 is 2.14 bits per heavy atom. The summed E-state index contributed by atoms with van der Waals surface area (Å²) in [6.07, 6.45) is 1.99. The second kappa shape index (κ2) is 13.5. The molecule has 8 nitrogen and oxygen atoms in total. The van der Waals surface area contributed by atoms with Gasteiger partial charge in [0.05, 0.1) is 19.1 Å². The van der Waals surface area contributed by atoms with Crippen LogP contribution in [0.1, 0.15) is 33.4 Å². The predicted octanol–water partition coefficient (Wildman–Crippen LogP) is 4.03. The zero-order chi connectivity index (χ0) is 29.6. The summed E-state index contributed by atoms with van der Waals surface area (Å²) in [6.45, 7) is 2.21. The third kappa shape index (κ3) is 5.95. The van der Waals surface area contributed by atoms with E-state index in [0.717, 1.165) is 16.0 Å². The molecule has 0 aromatic heterocycles. The third-order valence-corrected chi connectivity index (χ3v) is 8.97. The molecule has 2 saturated heterocycles. The number of benzene rings is 3. The summed E-state index contributed by atoms with van der Waals surface area (Å²) in [5, 5.41) is 3.30. The summed E-state index contributed by atoms with van der Waals surface area (Å²) in [5.41, 5.74) is 2.15. The maximum absolute atomic E-state index is 14.7. The van der Waals surface area contributed by atoms with Crippen molar-refractivity contribution in [1.82, 2.24) is 15.1 Å². The van der Waals surface area contributed by atoms with Gasteiger partial charge in [0.25, 0.3) is 0 Å². The SMILES string of the molecule is COCC(=O)N1C(C(=O)N2CCNCC2)C(c2ccccc2)C(C(=O)c2ccc(SC)cc2)C1c1ccc(OC)cc1. The van der Waals surface area contributed by atoms with Crippen molar-refractivity contribution >= 4 is 29.4 Å². The minimum absolute atomic E-state index is 0.108. The number of carbonyl (C=O) groups is 3. The zero-order valence-electron chi connectivity index (χ0n) is 24.2. The molecular formula is C33H37N3O5S. The quantitative estimate of drug-likeness (QED) is 0.299. The van der Waals surface area contributed by atoms with E-state index in [-0.39, 0.29) is 24.2 Å². The van der Waals surface area contributed by atoms with Crippen molar-refractivity contribution in [1.29, 1.82) is 0 Å². The van der Waals surface area contributed by atoms with Gasteiger partial charge in [-0.2, -0.15) is 0 Å². The number of hydrogen-bond acceptors (Lipinski definition) is 7. The van der Waals surface area contributed by atoms with E-state index in [1.54, 1.807) is 23.8 Å². The van der Waals surface area contributed by atoms with Crippen LogP contribution in [0.4, 0.5) is 0 Å². The summed E-state index contributed by atoms with van der Waals surface area (Å²) in [4.78, 5) is 47.7. The fraction of sp³-hybridized carbons (Fsp3) is 0.364. The van der Waals surface area contributed by atoms with Crippen molar-refractivity contribution in [3.63, 3.8) is 0 Å². The maximum atomic E-state index is 14.7. The average molecular weight is 588 g/mol. The highest BCUT2D eigenvalue weighted by molar-refractivity contribution is 7.98. The van der Waals surface area contributed by atoms with Crippen molar-refractivity contribution in [2.75, 3.05) is 53.3 Å². The molecular weight excluding hydrogens is 550 g/mol. The molecule has 3 aromatic rings. The number of nitrogens with one attached hydrogen (secondary N) is 1. The van der Waals surface area contributed by atoms with Crippen LogP contribution < -0.4 is 10.1 Å². The molecule has 220 valence electrons. The van der Waals surface area contributed by atoms with E-state index >= 15 is 0 Å². The molecule has 2 heterocycles. The van der Waals surface area contributed by atoms with E-state index in [1.165, 1.54) is 7.11 Å². The first-order valence-corrected chi connectivity index (χ1v) is 15.4. The Hall–Kier alpha value is -3.66. The molecule has 0 saturated carbocycles. The van der Waals surface area contributed by atoms with E-state index in [9.17, 15) is 14.4 Å². The van der Waals surface area contributed by atoms with Gasteiger partial charge in [-0.05, 0) is 41.6 Å². The molecule has 9 heteroatoms. The lowest BCUT2D eigenvalue weighted by Gasteiger charge is -2.36. The monoisotopic (exact) mass is 587 g/mol. The number of methoxy groups -OCH3 is 2. The van der Waals surface area contributed by atoms with Crippen molar-refractivity contribution in [3.8, 4) is 5.75 Å². The van der Waals surface area contributed by atoms with Crippen LogP contribution in [0.5, 0.6) is 5.75 Å². The number of carbonyl (C=O) groups excluding carboxylic acids is 3. The normalized spacial score (nSPS) is 22.2. The summed E-state index contributed by atoms with van der Waals surface area (Å²) in [7, 11) is 3.06. The van der Waals surface area contributed by atoms with Crippen LogP contribution in [-0.4, -0.2) is 86.7 Å². The van der Waals surface area contributed by atoms with Crippen LogP contribution in [0.2, 0.25) is 0 Å². The van der Waals surface area contributed by atoms with E-state index in [4.69, 9.17) is 9.47 Å². The standard InChI is InChI=1S/C33H37N3O5S/c1-40-21-27(37)36-30(23-9-13-25(41-2)14-10-23)29(32(38)24-11-15-26(42-3)16-12-24)28(22-7-5-4-6-8-22)31(36)33(39)35-19-17-34-18-20-35/h4-16,28-31,34H,17-21H2,1-3H3. The summed E-state index contributed by atoms with van der Waals surface area (Å²) >= 11 is 1.60. The van der Waals surface area contributed by atoms with Gasteiger partial charge in [0, 0.05) is 49.7 Å². The minimum atomic E-state index is -0.889. The molecule has 5 rings (SSSR count). The first-order chi connectivity index (χ1) is 20.5. The van der Waals surface area contributed by atoms with Crippen molar-refractivity contribution in [2.45, 2.75) is 22.9 Å². The number of amides is 2. The highest BCUT2D eigenvalue weighted by Crippen LogP contribution is 2.52. The van der Waals surface area contributed by atoms with Crippen molar-refractivity contribution in [2.24, 2.45) is 5.92 Å². The predicted molar refractivity (Wildman–Crippen MR) is 163 cm³/mol. The highest BCUT2D eigenvalue weighted by Gasteiger charge is 2.58. The summed E-state index contributed by atoms with van der Waals surface area (Å²) in [5.74, 6) is -1.23. The van der Waals surface area contributed by atoms with Crippen LogP contribution in [0.15, 0.2) is 83.8 Å². The first-order valence-electron chi connectivity index (χ1n) is 14.1. The molecule has 0 aliphatic carbocycles. The number of rotatable bonds is 9. The smallest absolute Gasteiger partial charge is 0.249 e. The number of thioether (sulfide) groups is 1. The van der Waals surface area contributed by atoms with Crippen molar-refractivity contribution < 1.29 is 23.9 Å². The van der Waals surface area contributed by atoms with E-state index in [1.807, 2.05) is 90.0 Å². The van der Waals surface area contributed by atoms with Gasteiger partial charge in [0.1, 0.15) is 18.4 Å². The maximum Gasteiger partial charge on any atom is 0.249 e. The topological polar surface area (TPSA) is 88.2 Å². The summed E-state index contributed by atoms with van der Waals surface area (Å²) < 4.78 is 10.7. The lowest BCUT2D eigenvalue weighted by atomic mass is 9.76. The van der Waals surface area contributed by atoms with Crippen LogP contribution in [0.25, 0.3) is 0 Å². The Morgan fingerprint density at radius 1 is 0.881 bits per heavy atom. The lowest BCUT2D eigenvalue weighted by Crippen LogP contribution is -2.55. The van der Waals surface area contributed by atoms with E-state index in [2.05, 4.69) is 5.32 Å². The third-order valence-electron chi connectivity index (χ3n) is 8.22. The molecule has 2 fully saturated rings. The molecule has 2 aliphatic rings. The van der Waals surface area contributed by atoms with Gasteiger partial charge in [0.2, 0.25) is 11.8 Å². The van der Waals surface area contributed by atoms with Crippen molar-refractivity contribution in [3.05, 3.63) is 95.6 Å². The number of hydrogen-bond donors (Lipinski definition) is 1. The highest BCUT2D eigenvalue weighted by atomic mass is 32.2. The van der Waals surface area contributed by atoms with Gasteiger partial charge >= 0.3 is 0 Å². The summed E-state index contributed by atoms with van der Waals surface area (Å²) in [6, 6.07) is 23.0. The molecule has 2 amide bonds. The molecule has 0 radical (unpaired) electrons. The number of ketones is 1. The number of likely N-dealkylation sites (tertiary alicyclic amines) is 1. The minimum Gasteiger partial charge on any atom is -0.497 e. The van der Waals surface area contributed by atoms with Gasteiger partial charge in [-0.25, -0.2) is 0 Å². The Morgan fingerprint density at radius 2 is 1.55 bits per heavy atom. The Labute approximate surface area is 251 Å². The molecule has 0 bridgehead atoms. The second-order valence-corrected chi connectivity index (χ2v) is 11.4. The lowest BCUT2D eigenvalue weighted by molar-refractivity contribution is -0.148. The van der Waals surface area contributed by atoms with Gasteiger partial charge in [-0.15, -0.1) is 11.8 Å². The Kier molecular flexibility index (Phi) is 9.62. The average Bonchev–Trinajstić information content (AvgIpc) is 3.41. The number of piperazine rings is 1. The fourth-order valence-electron chi connectivity index (χ4n) is 6.25. The molecule has 42 heavy (non-hydrogen) atoms. The molecule has 4 unspecified atom stereocenters. The van der Waals surface area contributed by atoms with Gasteiger partial charge in [-0.3, -0.25) is 14.4 Å². The van der Waals surface area contributed by atoms with Gasteiger partial charge in [-0.1, -0.05) is 54.6 Å². The van der Waals surface area contributed by atoms with E-state index in [0.29, 0.717) is 37.5 Å². The number of nitrogens with zero attached hydrogens (tertiary/aromatic N) is 2. The molecule has 1 N–H and O–H groups in total. The van der Waals surface area contributed by atoms with Crippen LogP contribution >= 0.6 is 11.8 Å². The van der Waals surface area contributed by atoms with Crippen LogP contribution in [0, 0.1) is 5.92 Å². The van der Waals surface area contributed by atoms with Gasteiger partial charge < -0.3 is 24.6 Å². The largest absolute Gasteiger partial charge is 0.497 e. The molecule has 2 aliphatic heterocycles. The number of Topliss-reactive ketones (excluding diaryl/α,β-unsaturated/α-hetero) is 1. The first kappa shape index (κ1) is 29.8. The van der Waals surface area contributed by atoms with Gasteiger partial charge in [0.15, 0.2) is 5.78 Å².